The summed E-state index contributed by atoms with van der Waals surface area (Å²) in [6, 6.07) is 0. The lowest BCUT2D eigenvalue weighted by atomic mass is 10.1. The van der Waals surface area contributed by atoms with E-state index in [1.165, 1.54) is 32.1 Å². The molecule has 1 radical (unpaired) electrons. The summed E-state index contributed by atoms with van der Waals surface area (Å²) in [5, 5.41) is 10.7. The molecular formula is C9H20N3. The predicted octanol–water partition coefficient (Wildman–Crippen LogP) is 1.84. The first kappa shape index (κ1) is 11.3. The van der Waals surface area contributed by atoms with Gasteiger partial charge in [0.05, 0.1) is 0 Å². The van der Waals surface area contributed by atoms with E-state index < -0.39 is 0 Å². The van der Waals surface area contributed by atoms with Crippen LogP contribution in [0.4, 0.5) is 0 Å². The zero-order valence-electron chi connectivity index (χ0n) is 7.97. The van der Waals surface area contributed by atoms with Gasteiger partial charge in [0.2, 0.25) is 5.96 Å². The Morgan fingerprint density at radius 2 is 1.75 bits per heavy atom. The highest BCUT2D eigenvalue weighted by atomic mass is 15.0. The van der Waals surface area contributed by atoms with Crippen molar-refractivity contribution in [3.63, 3.8) is 0 Å². The molecule has 0 spiro atoms. The van der Waals surface area contributed by atoms with Gasteiger partial charge >= 0.3 is 0 Å². The maximum atomic E-state index is 6.85. The van der Waals surface area contributed by atoms with E-state index in [1.54, 1.807) is 0 Å². The van der Waals surface area contributed by atoms with E-state index in [-0.39, 0.29) is 5.96 Å². The Hall–Kier alpha value is -0.730. The molecule has 0 aliphatic carbocycles. The number of hydrogen-bond donors (Lipinski definition) is 2. The summed E-state index contributed by atoms with van der Waals surface area (Å²) >= 11 is 0. The van der Waals surface area contributed by atoms with E-state index in [2.05, 4.69) is 12.2 Å². The van der Waals surface area contributed by atoms with Gasteiger partial charge in [-0.15, -0.1) is 0 Å². The van der Waals surface area contributed by atoms with E-state index >= 15 is 0 Å². The lowest BCUT2D eigenvalue weighted by molar-refractivity contribution is 0.600. The van der Waals surface area contributed by atoms with Crippen LogP contribution in [-0.2, 0) is 0 Å². The molecule has 3 nitrogen and oxygen atoms in total. The minimum atomic E-state index is -0.0384. The maximum absolute atomic E-state index is 6.85. The topological polar surface area (TPSA) is 64.0 Å². The van der Waals surface area contributed by atoms with E-state index in [0.29, 0.717) is 0 Å². The predicted molar refractivity (Wildman–Crippen MR) is 52.3 cm³/mol. The monoisotopic (exact) mass is 170 g/mol. The molecule has 0 amide bonds. The fourth-order valence-electron chi connectivity index (χ4n) is 1.09. The van der Waals surface area contributed by atoms with E-state index in [0.717, 1.165) is 13.0 Å². The third-order valence-electron chi connectivity index (χ3n) is 1.79. The summed E-state index contributed by atoms with van der Waals surface area (Å²) in [5.74, 6) is -0.0384. The van der Waals surface area contributed by atoms with Crippen molar-refractivity contribution < 1.29 is 0 Å². The van der Waals surface area contributed by atoms with Crippen LogP contribution in [0.25, 0.3) is 0 Å². The van der Waals surface area contributed by atoms with Gasteiger partial charge in [-0.25, -0.2) is 0 Å². The molecular weight excluding hydrogens is 150 g/mol. The molecule has 3 heteroatoms. The van der Waals surface area contributed by atoms with E-state index in [1.807, 2.05) is 0 Å². The first-order chi connectivity index (χ1) is 5.77. The van der Waals surface area contributed by atoms with Crippen LogP contribution in [0.5, 0.6) is 0 Å². The standard InChI is InChI=1S/C9H20N3/c1-2-3-4-5-6-7-8-12-9(10)11/h2-8H2,1H3,(H3,10,11). The third-order valence-corrected chi connectivity index (χ3v) is 1.79. The summed E-state index contributed by atoms with van der Waals surface area (Å²) in [7, 11) is 0. The zero-order valence-corrected chi connectivity index (χ0v) is 7.97. The first-order valence-electron chi connectivity index (χ1n) is 4.79. The molecule has 0 bridgehead atoms. The van der Waals surface area contributed by atoms with Crippen LogP contribution >= 0.6 is 0 Å². The van der Waals surface area contributed by atoms with Gasteiger partial charge in [0.15, 0.2) is 0 Å². The van der Waals surface area contributed by atoms with Crippen molar-refractivity contribution in [2.75, 3.05) is 6.54 Å². The highest BCUT2D eigenvalue weighted by Gasteiger charge is 1.91. The number of hydrogen-bond acceptors (Lipinski definition) is 1. The number of unbranched alkanes of at least 4 members (excludes halogenated alkanes) is 5. The Kier molecular flexibility index (Phi) is 7.86. The van der Waals surface area contributed by atoms with Crippen LogP contribution in [0, 0.1) is 5.41 Å². The normalized spacial score (nSPS) is 9.75. The summed E-state index contributed by atoms with van der Waals surface area (Å²) in [5.41, 5.74) is 5.07. The smallest absolute Gasteiger partial charge is 0.207 e. The molecule has 0 rings (SSSR count). The Labute approximate surface area is 75.2 Å². The number of guanidine groups is 1. The molecule has 0 aliphatic rings. The second kappa shape index (κ2) is 8.37. The van der Waals surface area contributed by atoms with Crippen LogP contribution in [0.2, 0.25) is 0 Å². The number of nitrogens with one attached hydrogen (secondary N) is 1. The average molecular weight is 170 g/mol. The molecule has 0 atom stereocenters. The maximum Gasteiger partial charge on any atom is 0.207 e. The number of nitrogens with two attached hydrogens (primary N) is 1. The highest BCUT2D eigenvalue weighted by molar-refractivity contribution is 5.73. The second-order valence-corrected chi connectivity index (χ2v) is 3.03. The van der Waals surface area contributed by atoms with Crippen LogP contribution in [0.15, 0.2) is 0 Å². The van der Waals surface area contributed by atoms with Gasteiger partial charge in [0, 0.05) is 6.54 Å². The fourth-order valence-corrected chi connectivity index (χ4v) is 1.09. The van der Waals surface area contributed by atoms with Gasteiger partial charge in [-0.05, 0) is 6.42 Å². The van der Waals surface area contributed by atoms with Crippen LogP contribution < -0.4 is 11.1 Å². The largest absolute Gasteiger partial charge is 0.369 e. The fraction of sp³-hybridized carbons (Fsp3) is 0.889. The molecule has 0 aromatic carbocycles. The van der Waals surface area contributed by atoms with Crippen molar-refractivity contribution >= 4 is 5.96 Å². The molecule has 0 aromatic rings. The van der Waals surface area contributed by atoms with Crippen molar-refractivity contribution in [2.45, 2.75) is 45.4 Å². The molecule has 3 N–H and O–H groups in total. The van der Waals surface area contributed by atoms with E-state index in [4.69, 9.17) is 11.1 Å². The van der Waals surface area contributed by atoms with E-state index in [9.17, 15) is 0 Å². The minimum absolute atomic E-state index is 0.0384. The molecule has 0 heterocycles. The van der Waals surface area contributed by atoms with Gasteiger partial charge in [-0.3, -0.25) is 10.7 Å². The van der Waals surface area contributed by atoms with Gasteiger partial charge in [0.25, 0.3) is 0 Å². The van der Waals surface area contributed by atoms with Crippen LogP contribution in [0.3, 0.4) is 0 Å². The van der Waals surface area contributed by atoms with Gasteiger partial charge in [-0.1, -0.05) is 39.0 Å². The van der Waals surface area contributed by atoms with Crippen molar-refractivity contribution in [3.8, 4) is 0 Å². The summed E-state index contributed by atoms with van der Waals surface area (Å²) in [6.45, 7) is 2.94. The quantitative estimate of drug-likeness (QED) is 0.342. The van der Waals surface area contributed by atoms with Crippen molar-refractivity contribution in [3.05, 3.63) is 0 Å². The Balaban J connectivity index is 2.86. The Bertz CT molecular complexity index is 112. The number of nitrogens with zero attached hydrogens (tertiary/aromatic N) is 1. The average Bonchev–Trinajstić information content (AvgIpc) is 2.02. The summed E-state index contributed by atoms with van der Waals surface area (Å²) in [6.07, 6.45) is 7.54. The van der Waals surface area contributed by atoms with Gasteiger partial charge in [-0.2, -0.15) is 0 Å². The molecule has 12 heavy (non-hydrogen) atoms. The Morgan fingerprint density at radius 3 is 2.33 bits per heavy atom. The first-order valence-corrected chi connectivity index (χ1v) is 4.79. The molecule has 0 saturated carbocycles. The van der Waals surface area contributed by atoms with Crippen LogP contribution in [0.1, 0.15) is 45.4 Å². The van der Waals surface area contributed by atoms with Gasteiger partial charge < -0.3 is 5.73 Å². The molecule has 0 saturated heterocycles. The van der Waals surface area contributed by atoms with Crippen molar-refractivity contribution in [2.24, 2.45) is 5.73 Å². The Morgan fingerprint density at radius 1 is 1.17 bits per heavy atom. The van der Waals surface area contributed by atoms with Crippen LogP contribution in [-0.4, -0.2) is 12.5 Å². The second-order valence-electron chi connectivity index (χ2n) is 3.03. The minimum Gasteiger partial charge on any atom is -0.369 e. The highest BCUT2D eigenvalue weighted by Crippen LogP contribution is 2.03. The lowest BCUT2D eigenvalue weighted by Gasteiger charge is -2.00. The van der Waals surface area contributed by atoms with Gasteiger partial charge in [0.1, 0.15) is 0 Å². The zero-order chi connectivity index (χ0) is 9.23. The SMILES string of the molecule is CCCCCCCC[N]C(=N)N. The third kappa shape index (κ3) is 9.27. The number of rotatable bonds is 7. The molecule has 0 aromatic heterocycles. The molecule has 0 fully saturated rings. The molecule has 0 unspecified atom stereocenters. The van der Waals surface area contributed by atoms with Crippen molar-refractivity contribution in [1.29, 1.82) is 5.41 Å². The molecule has 71 valence electrons. The molecule has 0 aliphatic heterocycles. The summed E-state index contributed by atoms with van der Waals surface area (Å²) < 4.78 is 0. The summed E-state index contributed by atoms with van der Waals surface area (Å²) in [4.78, 5) is 0. The lowest BCUT2D eigenvalue weighted by Crippen LogP contribution is -2.24. The van der Waals surface area contributed by atoms with Crippen molar-refractivity contribution in [1.82, 2.24) is 5.32 Å².